The summed E-state index contributed by atoms with van der Waals surface area (Å²) in [5.74, 6) is -1.04. The van der Waals surface area contributed by atoms with Gasteiger partial charge in [0.1, 0.15) is 6.61 Å². The van der Waals surface area contributed by atoms with Crippen molar-refractivity contribution in [3.63, 3.8) is 0 Å². The van der Waals surface area contributed by atoms with Crippen LogP contribution in [0.3, 0.4) is 0 Å². The van der Waals surface area contributed by atoms with Gasteiger partial charge in [-0.15, -0.1) is 0 Å². The van der Waals surface area contributed by atoms with Crippen LogP contribution in [0.25, 0.3) is 0 Å². The molecule has 1 saturated heterocycles. The van der Waals surface area contributed by atoms with Crippen LogP contribution in [0.5, 0.6) is 0 Å². The summed E-state index contributed by atoms with van der Waals surface area (Å²) < 4.78 is 5.17. The molecule has 2 rings (SSSR count). The fourth-order valence-electron chi connectivity index (χ4n) is 3.33. The molecule has 2 aliphatic rings. The van der Waals surface area contributed by atoms with Crippen molar-refractivity contribution >= 4 is 17.6 Å². The first-order valence-corrected chi connectivity index (χ1v) is 7.72. The van der Waals surface area contributed by atoms with Gasteiger partial charge >= 0.3 is 0 Å². The quantitative estimate of drug-likeness (QED) is 0.729. The van der Waals surface area contributed by atoms with Gasteiger partial charge in [0.2, 0.25) is 11.4 Å². The molecule has 0 bridgehead atoms. The van der Waals surface area contributed by atoms with E-state index in [2.05, 4.69) is 5.32 Å². The zero-order valence-corrected chi connectivity index (χ0v) is 12.5. The summed E-state index contributed by atoms with van der Waals surface area (Å²) in [5, 5.41) is 2.54. The molecule has 1 aliphatic heterocycles. The van der Waals surface area contributed by atoms with E-state index in [-0.39, 0.29) is 12.5 Å². The van der Waals surface area contributed by atoms with Crippen molar-refractivity contribution in [2.24, 2.45) is 11.7 Å². The highest BCUT2D eigenvalue weighted by molar-refractivity contribution is 6.14. The highest BCUT2D eigenvalue weighted by atomic mass is 16.5. The number of hydrogen-bond acceptors (Lipinski definition) is 4. The molecule has 0 aromatic rings. The lowest BCUT2D eigenvalue weighted by Gasteiger charge is -2.28. The summed E-state index contributed by atoms with van der Waals surface area (Å²) >= 11 is 0. The van der Waals surface area contributed by atoms with Gasteiger partial charge in [0.25, 0.3) is 5.91 Å². The number of ketones is 1. The van der Waals surface area contributed by atoms with E-state index in [9.17, 15) is 14.4 Å². The first kappa shape index (κ1) is 15.9. The number of primary amides is 1. The van der Waals surface area contributed by atoms with Gasteiger partial charge in [-0.05, 0) is 19.3 Å². The van der Waals surface area contributed by atoms with E-state index in [1.807, 2.05) is 0 Å². The third-order valence-corrected chi connectivity index (χ3v) is 4.74. The van der Waals surface area contributed by atoms with Crippen LogP contribution in [0.2, 0.25) is 0 Å². The van der Waals surface area contributed by atoms with Gasteiger partial charge in [-0.25, -0.2) is 0 Å². The Morgan fingerprint density at radius 3 is 2.52 bits per heavy atom. The molecule has 6 nitrogen and oxygen atoms in total. The zero-order chi connectivity index (χ0) is 15.5. The summed E-state index contributed by atoms with van der Waals surface area (Å²) in [4.78, 5) is 35.8. The SMILES string of the molecule is CC1OCC(=O)C1(NC(=O)CCC1CCCCC1)C(N)=O. The monoisotopic (exact) mass is 296 g/mol. The molecular formula is C15H24N2O4. The van der Waals surface area contributed by atoms with Crippen LogP contribution in [-0.2, 0) is 19.1 Å². The van der Waals surface area contributed by atoms with Crippen molar-refractivity contribution in [1.29, 1.82) is 0 Å². The lowest BCUT2D eigenvalue weighted by molar-refractivity contribution is -0.139. The van der Waals surface area contributed by atoms with Crippen molar-refractivity contribution in [2.45, 2.75) is 63.5 Å². The highest BCUT2D eigenvalue weighted by Crippen LogP contribution is 2.28. The fourth-order valence-corrected chi connectivity index (χ4v) is 3.33. The van der Waals surface area contributed by atoms with E-state index in [0.29, 0.717) is 12.3 Å². The Hall–Kier alpha value is -1.43. The topological polar surface area (TPSA) is 98.5 Å². The second kappa shape index (κ2) is 6.56. The number of amides is 2. The Labute approximate surface area is 124 Å². The highest BCUT2D eigenvalue weighted by Gasteiger charge is 2.55. The van der Waals surface area contributed by atoms with Crippen molar-refractivity contribution in [2.75, 3.05) is 6.61 Å². The molecule has 1 aliphatic carbocycles. The van der Waals surface area contributed by atoms with Gasteiger partial charge in [0.15, 0.2) is 5.78 Å². The third kappa shape index (κ3) is 3.26. The van der Waals surface area contributed by atoms with Crippen LogP contribution in [0.15, 0.2) is 0 Å². The molecule has 3 N–H and O–H groups in total. The van der Waals surface area contributed by atoms with Crippen molar-refractivity contribution in [3.8, 4) is 0 Å². The van der Waals surface area contributed by atoms with E-state index in [1.54, 1.807) is 6.92 Å². The van der Waals surface area contributed by atoms with Crippen LogP contribution < -0.4 is 11.1 Å². The van der Waals surface area contributed by atoms with Crippen LogP contribution in [0.4, 0.5) is 0 Å². The zero-order valence-electron chi connectivity index (χ0n) is 12.5. The number of hydrogen-bond donors (Lipinski definition) is 2. The van der Waals surface area contributed by atoms with E-state index < -0.39 is 23.3 Å². The summed E-state index contributed by atoms with van der Waals surface area (Å²) in [6.45, 7) is 1.39. The van der Waals surface area contributed by atoms with Gasteiger partial charge < -0.3 is 15.8 Å². The molecule has 2 amide bonds. The number of rotatable bonds is 5. The van der Waals surface area contributed by atoms with E-state index in [4.69, 9.17) is 10.5 Å². The molecule has 2 atom stereocenters. The number of Topliss-reactive ketones (excluding diaryl/α,β-unsaturated/α-hetero) is 1. The number of nitrogens with two attached hydrogens (primary N) is 1. The second-order valence-corrected chi connectivity index (χ2v) is 6.14. The molecule has 0 spiro atoms. The van der Waals surface area contributed by atoms with Crippen LogP contribution in [0, 0.1) is 5.92 Å². The predicted octanol–water partition coefficient (Wildman–Crippen LogP) is 0.675. The maximum Gasteiger partial charge on any atom is 0.253 e. The van der Waals surface area contributed by atoms with E-state index in [1.165, 1.54) is 19.3 Å². The Kier molecular flexibility index (Phi) is 4.98. The van der Waals surface area contributed by atoms with Crippen LogP contribution in [0.1, 0.15) is 51.9 Å². The van der Waals surface area contributed by atoms with Crippen molar-refractivity contribution in [3.05, 3.63) is 0 Å². The van der Waals surface area contributed by atoms with Crippen molar-refractivity contribution < 1.29 is 19.1 Å². The number of nitrogens with one attached hydrogen (secondary N) is 1. The van der Waals surface area contributed by atoms with E-state index in [0.717, 1.165) is 19.3 Å². The fraction of sp³-hybridized carbons (Fsp3) is 0.800. The average molecular weight is 296 g/mol. The van der Waals surface area contributed by atoms with Gasteiger partial charge in [-0.3, -0.25) is 14.4 Å². The minimum Gasteiger partial charge on any atom is -0.367 e. The van der Waals surface area contributed by atoms with Crippen LogP contribution >= 0.6 is 0 Å². The number of carbonyl (C=O) groups excluding carboxylic acids is 3. The first-order chi connectivity index (χ1) is 9.96. The van der Waals surface area contributed by atoms with Gasteiger partial charge in [-0.2, -0.15) is 0 Å². The summed E-state index contributed by atoms with van der Waals surface area (Å²) in [6.07, 6.45) is 6.43. The summed E-state index contributed by atoms with van der Waals surface area (Å²) in [6, 6.07) is 0. The molecule has 0 radical (unpaired) electrons. The maximum atomic E-state index is 12.1. The normalized spacial score (nSPS) is 30.3. The predicted molar refractivity (Wildman–Crippen MR) is 76.3 cm³/mol. The molecule has 118 valence electrons. The van der Waals surface area contributed by atoms with E-state index >= 15 is 0 Å². The third-order valence-electron chi connectivity index (χ3n) is 4.74. The van der Waals surface area contributed by atoms with Gasteiger partial charge in [0, 0.05) is 6.42 Å². The van der Waals surface area contributed by atoms with Gasteiger partial charge in [0.05, 0.1) is 6.10 Å². The molecule has 1 saturated carbocycles. The maximum absolute atomic E-state index is 12.1. The Morgan fingerprint density at radius 2 is 2.00 bits per heavy atom. The lowest BCUT2D eigenvalue weighted by Crippen LogP contribution is -2.65. The molecule has 6 heteroatoms. The number of carbonyl (C=O) groups is 3. The van der Waals surface area contributed by atoms with Crippen LogP contribution in [-0.4, -0.2) is 35.8 Å². The Morgan fingerprint density at radius 1 is 1.33 bits per heavy atom. The second-order valence-electron chi connectivity index (χ2n) is 6.14. The molecule has 1 heterocycles. The molecule has 0 aromatic heterocycles. The molecule has 21 heavy (non-hydrogen) atoms. The summed E-state index contributed by atoms with van der Waals surface area (Å²) in [7, 11) is 0. The largest absolute Gasteiger partial charge is 0.367 e. The minimum absolute atomic E-state index is 0.187. The van der Waals surface area contributed by atoms with Crippen molar-refractivity contribution in [1.82, 2.24) is 5.32 Å². The van der Waals surface area contributed by atoms with Gasteiger partial charge in [-0.1, -0.05) is 32.1 Å². The lowest BCUT2D eigenvalue weighted by atomic mass is 9.85. The molecule has 2 unspecified atom stereocenters. The molecule has 0 aromatic carbocycles. The molecule has 2 fully saturated rings. The summed E-state index contributed by atoms with van der Waals surface area (Å²) in [5.41, 5.74) is 3.66. The first-order valence-electron chi connectivity index (χ1n) is 7.72. The number of ether oxygens (including phenoxy) is 1. The molecular weight excluding hydrogens is 272 g/mol. The minimum atomic E-state index is -1.69. The Bertz CT molecular complexity index is 431. The Balaban J connectivity index is 1.93. The smallest absolute Gasteiger partial charge is 0.253 e. The average Bonchev–Trinajstić information content (AvgIpc) is 2.75. The standard InChI is InChI=1S/C15H24N2O4/c1-10-15(14(16)20,12(18)9-21-10)17-13(19)8-7-11-5-3-2-4-6-11/h10-11H,2-9H2,1H3,(H2,16,20)(H,17,19).